The molecule has 2 rings (SSSR count). The molecular weight excluding hydrogens is 689 g/mol. The van der Waals surface area contributed by atoms with Gasteiger partial charge in [0.25, 0.3) is 0 Å². The van der Waals surface area contributed by atoms with Crippen molar-refractivity contribution in [3.8, 4) is 0 Å². The number of ether oxygens (including phenoxy) is 3. The second kappa shape index (κ2) is 21.9. The molecule has 52 heavy (non-hydrogen) atoms. The van der Waals surface area contributed by atoms with Crippen molar-refractivity contribution in [1.82, 2.24) is 0 Å². The highest BCUT2D eigenvalue weighted by Gasteiger charge is 2.52. The number of allylic oxidation sites excluding steroid dienone is 2. The lowest BCUT2D eigenvalue weighted by Gasteiger charge is -2.35. The Morgan fingerprint density at radius 2 is 1.58 bits per heavy atom. The van der Waals surface area contributed by atoms with Gasteiger partial charge in [-0.1, -0.05) is 100 Å². The van der Waals surface area contributed by atoms with Crippen molar-refractivity contribution in [2.75, 3.05) is 0 Å². The second-order valence-corrected chi connectivity index (χ2v) is 24.9. The molecule has 10 heteroatoms. The summed E-state index contributed by atoms with van der Waals surface area (Å²) in [6.45, 7) is 29.2. The van der Waals surface area contributed by atoms with Gasteiger partial charge < -0.3 is 28.2 Å². The molecule has 1 fully saturated rings. The molecule has 0 aliphatic carbocycles. The van der Waals surface area contributed by atoms with Crippen molar-refractivity contribution < 1.29 is 37.8 Å². The average molecular weight is 763 g/mol. The van der Waals surface area contributed by atoms with Crippen LogP contribution >= 0.6 is 0 Å². The van der Waals surface area contributed by atoms with Gasteiger partial charge in [0.05, 0.1) is 30.8 Å². The van der Waals surface area contributed by atoms with Crippen LogP contribution < -0.4 is 0 Å². The summed E-state index contributed by atoms with van der Waals surface area (Å²) >= 11 is 0. The lowest BCUT2D eigenvalue weighted by atomic mass is 9.91. The van der Waals surface area contributed by atoms with Crippen LogP contribution in [0.1, 0.15) is 109 Å². The van der Waals surface area contributed by atoms with Crippen molar-refractivity contribution in [2.24, 2.45) is 17.8 Å². The summed E-state index contributed by atoms with van der Waals surface area (Å²) in [5, 5.41) is 10.6. The highest BCUT2D eigenvalue weighted by atomic mass is 28.4. The van der Waals surface area contributed by atoms with Crippen LogP contribution in [0.25, 0.3) is 0 Å². The third-order valence-corrected chi connectivity index (χ3v) is 21.4. The number of hydrogen-bond acceptors (Lipinski definition) is 8. The third kappa shape index (κ3) is 13.2. The second-order valence-electron chi connectivity index (χ2n) is 15.4. The maximum Gasteiger partial charge on any atom is 0.308 e. The third-order valence-electron chi connectivity index (χ3n) is 12.0. The predicted molar refractivity (Wildman–Crippen MR) is 217 cm³/mol. The maximum absolute atomic E-state index is 13.6. The monoisotopic (exact) mass is 762 g/mol. The highest BCUT2D eigenvalue weighted by Crippen LogP contribution is 2.41. The Balaban J connectivity index is 2.43. The molecule has 8 nitrogen and oxygen atoms in total. The SMILES string of the molecule is C=C1CCC(O[Si](CC)(CC)CC)CC(=O)OC(/C(C)=C/C=C/C(C)C(O[Si](CC)(CC)CC)C2OC2C(C)C(O)CC)C(C)/C=C/C1OC(C)=O. The number of rotatable bonds is 19. The van der Waals surface area contributed by atoms with E-state index in [-0.39, 0.29) is 60.5 Å². The van der Waals surface area contributed by atoms with Crippen molar-refractivity contribution in [1.29, 1.82) is 0 Å². The molecule has 1 saturated heterocycles. The minimum absolute atomic E-state index is 0.0203. The molecule has 0 saturated carbocycles. The van der Waals surface area contributed by atoms with Gasteiger partial charge in [0, 0.05) is 24.7 Å². The zero-order chi connectivity index (χ0) is 39.2. The van der Waals surface area contributed by atoms with Gasteiger partial charge in [0.2, 0.25) is 0 Å². The maximum atomic E-state index is 13.6. The molecule has 0 bridgehead atoms. The Morgan fingerprint density at radius 1 is 0.981 bits per heavy atom. The van der Waals surface area contributed by atoms with E-state index in [0.717, 1.165) is 47.4 Å². The summed E-state index contributed by atoms with van der Waals surface area (Å²) in [6, 6.07) is 6.08. The summed E-state index contributed by atoms with van der Waals surface area (Å²) in [5.41, 5.74) is 1.69. The van der Waals surface area contributed by atoms with E-state index in [9.17, 15) is 14.7 Å². The summed E-state index contributed by atoms with van der Waals surface area (Å²) in [4.78, 5) is 25.7. The van der Waals surface area contributed by atoms with E-state index in [1.54, 1.807) is 0 Å². The summed E-state index contributed by atoms with van der Waals surface area (Å²) < 4.78 is 32.1. The zero-order valence-corrected chi connectivity index (χ0v) is 36.7. The molecule has 0 radical (unpaired) electrons. The average Bonchev–Trinajstić information content (AvgIpc) is 3.93. The van der Waals surface area contributed by atoms with Crippen molar-refractivity contribution in [3.63, 3.8) is 0 Å². The Morgan fingerprint density at radius 3 is 2.12 bits per heavy atom. The molecule has 10 atom stereocenters. The van der Waals surface area contributed by atoms with E-state index in [1.165, 1.54) is 6.92 Å². The van der Waals surface area contributed by atoms with Crippen LogP contribution in [0.5, 0.6) is 0 Å². The topological polar surface area (TPSA) is 104 Å². The van der Waals surface area contributed by atoms with Crippen LogP contribution in [-0.2, 0) is 32.7 Å². The van der Waals surface area contributed by atoms with E-state index in [1.807, 2.05) is 45.1 Å². The van der Waals surface area contributed by atoms with Gasteiger partial charge >= 0.3 is 11.9 Å². The summed E-state index contributed by atoms with van der Waals surface area (Å²) in [5.74, 6) is -0.735. The first-order chi connectivity index (χ1) is 24.6. The first kappa shape index (κ1) is 46.3. The van der Waals surface area contributed by atoms with Gasteiger partial charge in [-0.15, -0.1) is 0 Å². The van der Waals surface area contributed by atoms with Crippen LogP contribution in [0.3, 0.4) is 0 Å². The fourth-order valence-electron chi connectivity index (χ4n) is 7.61. The van der Waals surface area contributed by atoms with Gasteiger partial charge in [-0.3, -0.25) is 9.59 Å². The molecular formula is C42H74O8Si2. The minimum Gasteiger partial charge on any atom is -0.457 e. The number of aliphatic hydroxyl groups excluding tert-OH is 1. The molecule has 0 amide bonds. The molecule has 2 aliphatic rings. The first-order valence-corrected chi connectivity index (χ1v) is 25.4. The van der Waals surface area contributed by atoms with Crippen molar-refractivity contribution in [3.05, 3.63) is 48.1 Å². The fourth-order valence-corrected chi connectivity index (χ4v) is 13.4. The molecule has 0 aromatic rings. The molecule has 1 N–H and O–H groups in total. The predicted octanol–water partition coefficient (Wildman–Crippen LogP) is 9.86. The van der Waals surface area contributed by atoms with E-state index < -0.39 is 34.9 Å². The van der Waals surface area contributed by atoms with Gasteiger partial charge in [-0.05, 0) is 79.7 Å². The Kier molecular flexibility index (Phi) is 19.5. The molecule has 298 valence electrons. The number of carbonyl (C=O) groups is 2. The van der Waals surface area contributed by atoms with Gasteiger partial charge in [0.15, 0.2) is 16.6 Å². The van der Waals surface area contributed by atoms with E-state index in [4.69, 9.17) is 23.1 Å². The van der Waals surface area contributed by atoms with Crippen molar-refractivity contribution >= 4 is 28.6 Å². The molecule has 0 aromatic carbocycles. The van der Waals surface area contributed by atoms with Crippen LogP contribution in [0.15, 0.2) is 48.1 Å². The molecule has 0 spiro atoms. The lowest BCUT2D eigenvalue weighted by molar-refractivity contribution is -0.150. The number of epoxide rings is 1. The number of aliphatic hydroxyl groups is 1. The van der Waals surface area contributed by atoms with Gasteiger partial charge in [0.1, 0.15) is 18.3 Å². The van der Waals surface area contributed by atoms with Gasteiger partial charge in [-0.2, -0.15) is 0 Å². The van der Waals surface area contributed by atoms with Crippen LogP contribution in [0, 0.1) is 17.8 Å². The standard InChI is InChI=1S/C42H74O8Si2/c1-14-36(44)33(12)41-42(48-41)40(50-52(18-5,19-6)20-7)31(10)23-21-22-30(9)39-32(11)25-27-37(46-34(13)43)29(8)24-26-35(28-38(45)47-39)49-51(15-2,16-3)17-4/h21-23,25,27,31-33,35-37,39-42,44H,8,14-20,24,26,28H2,1-7,9-13H3/b23-21+,27-25+,30-22+. The van der Waals surface area contributed by atoms with E-state index in [2.05, 4.69) is 68.0 Å². The number of esters is 2. The first-order valence-electron chi connectivity index (χ1n) is 20.4. The smallest absolute Gasteiger partial charge is 0.308 e. The molecule has 2 aliphatic heterocycles. The molecule has 10 unspecified atom stereocenters. The molecule has 2 heterocycles. The van der Waals surface area contributed by atoms with E-state index in [0.29, 0.717) is 19.3 Å². The summed E-state index contributed by atoms with van der Waals surface area (Å²) in [7, 11) is -3.96. The minimum atomic E-state index is -2.01. The molecule has 0 aromatic heterocycles. The van der Waals surface area contributed by atoms with Crippen LogP contribution in [0.2, 0.25) is 36.3 Å². The Hall–Kier alpha value is -1.83. The fraction of sp³-hybridized carbons (Fsp3) is 0.762. The Bertz CT molecular complexity index is 1210. The quantitative estimate of drug-likeness (QED) is 0.0456. The van der Waals surface area contributed by atoms with Crippen LogP contribution in [0.4, 0.5) is 0 Å². The zero-order valence-electron chi connectivity index (χ0n) is 34.7. The highest BCUT2D eigenvalue weighted by molar-refractivity contribution is 6.74. The lowest BCUT2D eigenvalue weighted by Crippen LogP contribution is -2.44. The normalized spacial score (nSPS) is 28.3. The summed E-state index contributed by atoms with van der Waals surface area (Å²) in [6.07, 6.45) is 10.1. The largest absolute Gasteiger partial charge is 0.457 e. The van der Waals surface area contributed by atoms with E-state index >= 15 is 0 Å². The Labute approximate surface area is 319 Å². The van der Waals surface area contributed by atoms with Crippen molar-refractivity contribution in [2.45, 2.75) is 188 Å². The number of hydrogen-bond donors (Lipinski definition) is 1. The number of cyclic esters (lactones) is 1. The number of carbonyl (C=O) groups excluding carboxylic acids is 2. The van der Waals surface area contributed by atoms with Crippen LogP contribution in [-0.4, -0.2) is 76.4 Å². The van der Waals surface area contributed by atoms with Gasteiger partial charge in [-0.25, -0.2) is 0 Å².